The number of ether oxygens (including phenoxy) is 1. The van der Waals surface area contributed by atoms with Crippen LogP contribution in [0.4, 0.5) is 22.0 Å². The topological polar surface area (TPSA) is 54.8 Å². The molecule has 0 radical (unpaired) electrons. The summed E-state index contributed by atoms with van der Waals surface area (Å²) < 4.78 is 364. The molecule has 5 aromatic rings. The predicted molar refractivity (Wildman–Crippen MR) is 198 cm³/mol. The molecule has 0 bridgehead atoms. The van der Waals surface area contributed by atoms with Crippen molar-refractivity contribution in [1.82, 2.24) is 14.4 Å². The van der Waals surface area contributed by atoms with Gasteiger partial charge in [0.2, 0.25) is 5.91 Å². The average Bonchev–Trinajstić information content (AvgIpc) is 0.672. The van der Waals surface area contributed by atoms with Crippen molar-refractivity contribution in [2.24, 2.45) is 0 Å². The Bertz CT molecular complexity index is 3670. The number of carbonyl (C=O) groups excluding carboxylic acids is 1. The normalized spacial score (nSPS) is 28.6. The fourth-order valence-corrected chi connectivity index (χ4v) is 4.85. The zero-order valence-corrected chi connectivity index (χ0v) is 27.1. The quantitative estimate of drug-likeness (QED) is 0.0937. The molecule has 12 heteroatoms. The molecule has 1 aromatic heterocycles. The number of amides is 1. The van der Waals surface area contributed by atoms with E-state index in [9.17, 15) is 27.6 Å². The lowest BCUT2D eigenvalue weighted by molar-refractivity contribution is -0.137. The van der Waals surface area contributed by atoms with Gasteiger partial charge >= 0.3 is 6.18 Å². The molecular formula is C41H40F5N3O3S. The van der Waals surface area contributed by atoms with Crippen molar-refractivity contribution < 1.29 is 76.7 Å². The van der Waals surface area contributed by atoms with Crippen LogP contribution in [0.2, 0.25) is 0 Å². The van der Waals surface area contributed by atoms with Gasteiger partial charge in [0.25, 0.3) is 0 Å². The van der Waals surface area contributed by atoms with Crippen molar-refractivity contribution in [3.63, 3.8) is 0 Å². The zero-order valence-electron chi connectivity index (χ0n) is 59.3. The number of rotatable bonds is 12. The molecule has 1 amide bonds. The summed E-state index contributed by atoms with van der Waals surface area (Å²) in [5, 5.41) is -3.12. The highest BCUT2D eigenvalue weighted by Gasteiger charge is 2.31. The van der Waals surface area contributed by atoms with E-state index < -0.39 is 266 Å². The second kappa shape index (κ2) is 16.7. The van der Waals surface area contributed by atoms with E-state index in [1.165, 1.54) is 0 Å². The molecule has 278 valence electrons. The van der Waals surface area contributed by atoms with Crippen molar-refractivity contribution in [3.05, 3.63) is 135 Å². The van der Waals surface area contributed by atoms with Crippen molar-refractivity contribution in [2.45, 2.75) is 55.6 Å². The predicted octanol–water partition coefficient (Wildman–Crippen LogP) is 8.71. The van der Waals surface area contributed by atoms with Crippen LogP contribution in [0, 0.1) is 18.6 Å². The van der Waals surface area contributed by atoms with Gasteiger partial charge in [0.1, 0.15) is 6.50 Å². The number of benzene rings is 4. The van der Waals surface area contributed by atoms with E-state index in [-0.39, 0.29) is 0 Å². The van der Waals surface area contributed by atoms with Gasteiger partial charge in [-0.2, -0.15) is 13.2 Å². The molecular weight excluding hydrogens is 710 g/mol. The van der Waals surface area contributed by atoms with Crippen molar-refractivity contribution in [3.8, 4) is 11.1 Å². The Morgan fingerprint density at radius 1 is 1.04 bits per heavy atom. The first-order valence-corrected chi connectivity index (χ1v) is 15.1. The molecule has 0 N–H and O–H groups in total. The van der Waals surface area contributed by atoms with E-state index in [4.69, 9.17) is 35.6 Å². The monoisotopic (exact) mass is 782 g/mol. The lowest BCUT2D eigenvalue weighted by Gasteiger charge is -2.39. The summed E-state index contributed by atoms with van der Waals surface area (Å²) in [6.45, 7) is -21.9. The number of fused-ring (bicyclic) bond motifs is 1. The molecule has 0 aliphatic carbocycles. The number of methoxy groups -OCH3 is 1. The molecule has 4 aromatic carbocycles. The van der Waals surface area contributed by atoms with E-state index in [0.29, 0.717) is 0 Å². The lowest BCUT2D eigenvalue weighted by Crippen LogP contribution is -2.48. The van der Waals surface area contributed by atoms with Crippen molar-refractivity contribution in [1.29, 1.82) is 0 Å². The molecule has 1 fully saturated rings. The fourth-order valence-electron chi connectivity index (χ4n) is 4.13. The average molecular weight is 783 g/mol. The second-order valence-corrected chi connectivity index (χ2v) is 10.9. The Balaban J connectivity index is 1.83. The molecule has 6 nitrogen and oxygen atoms in total. The Hall–Kier alpha value is -4.52. The first kappa shape index (κ1) is 14.6. The van der Waals surface area contributed by atoms with Crippen molar-refractivity contribution >= 4 is 28.6 Å². The van der Waals surface area contributed by atoms with Gasteiger partial charge in [0, 0.05) is 78.2 Å². The summed E-state index contributed by atoms with van der Waals surface area (Å²) in [7, 11) is -3.62. The summed E-state index contributed by atoms with van der Waals surface area (Å²) in [6, 6.07) is -29.1. The van der Waals surface area contributed by atoms with Crippen LogP contribution in [0.5, 0.6) is 0 Å². The van der Waals surface area contributed by atoms with Crippen LogP contribution in [0.25, 0.3) is 22.0 Å². The number of carbonyl (C=O) groups is 1. The first-order valence-electron chi connectivity index (χ1n) is 30.8. The van der Waals surface area contributed by atoms with Crippen LogP contribution >= 0.6 is 11.8 Å². The van der Waals surface area contributed by atoms with Crippen LogP contribution in [-0.4, -0.2) is 59.4 Å². The van der Waals surface area contributed by atoms with Crippen LogP contribution in [-0.2, 0) is 34.5 Å². The Labute approximate surface area is 355 Å². The van der Waals surface area contributed by atoms with Crippen LogP contribution in [0.3, 0.4) is 0 Å². The molecule has 0 unspecified atom stereocenters. The number of hydrogen-bond acceptors (Lipinski definition) is 5. The number of halogens is 5. The highest BCUT2D eigenvalue weighted by Crippen LogP contribution is 2.32. The summed E-state index contributed by atoms with van der Waals surface area (Å²) in [6.07, 6.45) is -15.6. The Morgan fingerprint density at radius 3 is 2.42 bits per heavy atom. The second-order valence-electron chi connectivity index (χ2n) is 10.1. The minimum Gasteiger partial charge on any atom is -0.383 e. The smallest absolute Gasteiger partial charge is 0.383 e. The van der Waals surface area contributed by atoms with E-state index in [0.717, 1.165) is 6.92 Å². The fraction of sp³-hybridized carbons (Fsp3) is 0.317. The van der Waals surface area contributed by atoms with Gasteiger partial charge < -0.3 is 19.1 Å². The molecule has 53 heavy (non-hydrogen) atoms. The van der Waals surface area contributed by atoms with Gasteiger partial charge in [0.05, 0.1) is 51.5 Å². The molecule has 6 rings (SSSR count). The van der Waals surface area contributed by atoms with Gasteiger partial charge in [-0.1, -0.05) is 59.9 Å². The largest absolute Gasteiger partial charge is 0.416 e. The SMILES string of the molecule is [2H]c1c([2H])c(F)c(F)c(C([2H])([2H])Sc2c([2H])c(=O)c3c([2H])c(C)c([2H])c([2H])c3n2C([2H])([2H])C(=O)N(Cc2c([2H])c([2H])c(-c3c([2H])c([2H])c(C(F)(F)F)c([2H])c3[2H])c([2H])c2[2H])C2([2H])C([2H])([2H])C([2H])([2H])N(C([2H])([2H])COC([2H])([2H])[2H])C([2H])([2H])C2([2H])[2H])c1[2H]. The maximum Gasteiger partial charge on any atom is 0.416 e. The highest BCUT2D eigenvalue weighted by atomic mass is 32.2. The summed E-state index contributed by atoms with van der Waals surface area (Å²) in [5.41, 5.74) is -16.4. The number of hydrogen-bond donors (Lipinski definition) is 0. The van der Waals surface area contributed by atoms with E-state index in [2.05, 4.69) is 4.74 Å². The molecule has 0 atom stereocenters. The van der Waals surface area contributed by atoms with Gasteiger partial charge in [-0.25, -0.2) is 8.78 Å². The summed E-state index contributed by atoms with van der Waals surface area (Å²) in [5.74, 6) is -7.63. The lowest BCUT2D eigenvalue weighted by atomic mass is 10.00. The summed E-state index contributed by atoms with van der Waals surface area (Å²) in [4.78, 5) is 28.4. The maximum atomic E-state index is 16.0. The Morgan fingerprint density at radius 2 is 1.74 bits per heavy atom. The van der Waals surface area contributed by atoms with Gasteiger partial charge in [-0.3, -0.25) is 9.59 Å². The van der Waals surface area contributed by atoms with Gasteiger partial charge in [0.15, 0.2) is 17.1 Å². The maximum absolute atomic E-state index is 16.0. The van der Waals surface area contributed by atoms with Crippen molar-refractivity contribution in [2.75, 3.05) is 33.1 Å². The number of thioether (sulfide) groups is 1. The summed E-state index contributed by atoms with van der Waals surface area (Å²) >= 11 is -0.848. The third-order valence-electron chi connectivity index (χ3n) is 6.55. The van der Waals surface area contributed by atoms with Gasteiger partial charge in [-0.05, 0) is 66.6 Å². The highest BCUT2D eigenvalue weighted by molar-refractivity contribution is 7.98. The van der Waals surface area contributed by atoms with Crippen LogP contribution < -0.4 is 5.43 Å². The number of nitrogens with zero attached hydrogens (tertiary/aromatic N) is 3. The third kappa shape index (κ3) is 9.17. The first-order chi connectivity index (χ1) is 38.5. The third-order valence-corrected chi connectivity index (χ3v) is 7.34. The molecule has 1 saturated heterocycles. The molecule has 1 aliphatic rings. The number of alkyl halides is 3. The standard InChI is InChI=1S/C41H40F5N3O3S/c1-27-6-15-36-34(22-27)37(50)23-39(53-26-31-4-3-5-35(42)40(31)43)49(36)25-38(51)48(33-16-18-47(19-17-33)20-21-52-2)24-28-7-9-29(10-8-28)30-11-13-32(14-12-30)41(44,45)46/h3-15,22-23,33H,16-21,24-26H2,1-2H3/i2D3,3D,4D,5D,6D,7D,8D,9D,10D,11D,12D,13D,14D,15D,16D2,17D2,18D2,19D2,20D2,22D,23D,25D2,26D2,33D. The van der Waals surface area contributed by atoms with Gasteiger partial charge in [-0.15, -0.1) is 11.8 Å². The number of piperidine rings is 1. The van der Waals surface area contributed by atoms with E-state index in [1.807, 2.05) is 0 Å². The number of pyridine rings is 1. The molecule has 2 heterocycles. The Kier molecular flexibility index (Phi) is 4.59. The number of likely N-dealkylation sites (tertiary alicyclic amines) is 1. The molecule has 0 saturated carbocycles. The van der Waals surface area contributed by atoms with Crippen LogP contribution in [0.1, 0.15) is 80.2 Å². The van der Waals surface area contributed by atoms with E-state index >= 15 is 13.6 Å². The van der Waals surface area contributed by atoms with Crippen LogP contribution in [0.15, 0.2) is 100 Å². The minimum absolute atomic E-state index is 0.469. The van der Waals surface area contributed by atoms with E-state index in [1.54, 1.807) is 0 Å². The number of aromatic nitrogens is 1. The molecule has 1 aliphatic heterocycles. The minimum atomic E-state index is -5.59. The zero-order chi connectivity index (χ0) is 66.7. The molecule has 0 spiro atoms.